The second kappa shape index (κ2) is 4.56. The fraction of sp³-hybridized carbons (Fsp3) is 0.273. The summed E-state index contributed by atoms with van der Waals surface area (Å²) in [6.07, 6.45) is 7.37. The van der Waals surface area contributed by atoms with Crippen molar-refractivity contribution in [1.29, 1.82) is 0 Å². The highest BCUT2D eigenvalue weighted by atomic mass is 15.2. The largest absolute Gasteiger partial charge is 0.275 e. The van der Waals surface area contributed by atoms with Crippen LogP contribution < -0.4 is 0 Å². The van der Waals surface area contributed by atoms with Gasteiger partial charge >= 0.3 is 0 Å². The van der Waals surface area contributed by atoms with Crippen LogP contribution in [0, 0.1) is 0 Å². The molecule has 0 saturated heterocycles. The highest BCUT2D eigenvalue weighted by Crippen LogP contribution is 2.07. The molecule has 0 N–H and O–H groups in total. The van der Waals surface area contributed by atoms with Gasteiger partial charge in [-0.2, -0.15) is 5.10 Å². The smallest absolute Gasteiger partial charge is 0.0756 e. The Hall–Kier alpha value is -1.64. The minimum atomic E-state index is 0.885. The third kappa shape index (κ3) is 2.42. The van der Waals surface area contributed by atoms with Gasteiger partial charge < -0.3 is 0 Å². The van der Waals surface area contributed by atoms with Gasteiger partial charge in [0, 0.05) is 25.0 Å². The second-order valence-electron chi connectivity index (χ2n) is 3.14. The Kier molecular flexibility index (Phi) is 3.40. The van der Waals surface area contributed by atoms with E-state index in [-0.39, 0.29) is 0 Å². The van der Waals surface area contributed by atoms with E-state index < -0.39 is 0 Å². The minimum Gasteiger partial charge on any atom is -0.275 e. The Labute approximate surface area is 84.5 Å². The van der Waals surface area contributed by atoms with Crippen molar-refractivity contribution in [2.75, 3.05) is 0 Å². The number of hydrogen-bond acceptors (Lipinski definition) is 2. The van der Waals surface area contributed by atoms with Gasteiger partial charge in [-0.25, -0.2) is 0 Å². The van der Waals surface area contributed by atoms with Crippen molar-refractivity contribution < 1.29 is 0 Å². The Morgan fingerprint density at radius 2 is 2.36 bits per heavy atom. The maximum atomic E-state index is 4.31. The van der Waals surface area contributed by atoms with Crippen LogP contribution >= 0.6 is 0 Å². The zero-order valence-corrected chi connectivity index (χ0v) is 8.86. The number of hydrogen-bond donors (Lipinski definition) is 0. The van der Waals surface area contributed by atoms with E-state index >= 15 is 0 Å². The molecule has 3 nitrogen and oxygen atoms in total. The van der Waals surface area contributed by atoms with Crippen molar-refractivity contribution in [3.05, 3.63) is 42.4 Å². The molecule has 0 saturated carbocycles. The molecule has 0 aromatic carbocycles. The van der Waals surface area contributed by atoms with Gasteiger partial charge in [0.05, 0.1) is 11.9 Å². The summed E-state index contributed by atoms with van der Waals surface area (Å²) in [7, 11) is 1.88. The van der Waals surface area contributed by atoms with E-state index in [4.69, 9.17) is 0 Å². The fourth-order valence-corrected chi connectivity index (χ4v) is 1.12. The summed E-state index contributed by atoms with van der Waals surface area (Å²) in [4.78, 5) is 4.31. The van der Waals surface area contributed by atoms with E-state index in [0.29, 0.717) is 0 Å². The first-order chi connectivity index (χ1) is 6.65. The molecule has 0 spiro atoms. The number of aromatic nitrogens is 2. The van der Waals surface area contributed by atoms with Gasteiger partial charge in [-0.05, 0) is 19.4 Å². The lowest BCUT2D eigenvalue weighted by atomic mass is 10.1. The molecule has 0 amide bonds. The van der Waals surface area contributed by atoms with Crippen LogP contribution in [0.2, 0.25) is 0 Å². The van der Waals surface area contributed by atoms with E-state index in [1.165, 1.54) is 0 Å². The van der Waals surface area contributed by atoms with Gasteiger partial charge in [0.25, 0.3) is 0 Å². The number of aryl methyl sites for hydroxylation is 1. The molecule has 74 valence electrons. The molecule has 0 atom stereocenters. The van der Waals surface area contributed by atoms with Crippen molar-refractivity contribution in [3.8, 4) is 0 Å². The lowest BCUT2D eigenvalue weighted by Gasteiger charge is -1.99. The molecule has 0 aliphatic rings. The number of allylic oxidation sites excluding steroid dienone is 2. The molecule has 0 fully saturated rings. The van der Waals surface area contributed by atoms with E-state index in [0.717, 1.165) is 16.8 Å². The van der Waals surface area contributed by atoms with Crippen LogP contribution in [0.5, 0.6) is 0 Å². The molecule has 1 heterocycles. The molecule has 0 radical (unpaired) electrons. The standard InChI is InChI=1S/C11H15N3/c1-5-6-12-11(9(2)3)10-7-13-14(4)8-10/h5-8H,2H2,1,3-4H3/b6-5-,12-11?. The SMILES string of the molecule is C=C(C)C(=N/C=C\C)c1cnn(C)c1. The molecule has 14 heavy (non-hydrogen) atoms. The normalized spacial score (nSPS) is 12.4. The van der Waals surface area contributed by atoms with Crippen LogP contribution in [-0.4, -0.2) is 15.5 Å². The Morgan fingerprint density at radius 1 is 1.64 bits per heavy atom. The van der Waals surface area contributed by atoms with Crippen LogP contribution in [0.1, 0.15) is 19.4 Å². The summed E-state index contributed by atoms with van der Waals surface area (Å²) in [6.45, 7) is 7.77. The number of aliphatic imine (C=N–C) groups is 1. The first-order valence-electron chi connectivity index (χ1n) is 4.49. The number of nitrogens with zero attached hydrogens (tertiary/aromatic N) is 3. The average Bonchev–Trinajstić information content (AvgIpc) is 2.52. The van der Waals surface area contributed by atoms with Crippen LogP contribution in [0.3, 0.4) is 0 Å². The molecule has 1 rings (SSSR count). The lowest BCUT2D eigenvalue weighted by molar-refractivity contribution is 0.767. The molecule has 0 unspecified atom stereocenters. The quantitative estimate of drug-likeness (QED) is 0.671. The Morgan fingerprint density at radius 3 is 2.79 bits per heavy atom. The van der Waals surface area contributed by atoms with Gasteiger partial charge in [0.1, 0.15) is 0 Å². The molecule has 3 heteroatoms. The highest BCUT2D eigenvalue weighted by molar-refractivity contribution is 6.11. The van der Waals surface area contributed by atoms with E-state index in [1.807, 2.05) is 33.2 Å². The first-order valence-corrected chi connectivity index (χ1v) is 4.49. The first kappa shape index (κ1) is 10.4. The Bertz CT molecular complexity index is 383. The van der Waals surface area contributed by atoms with Crippen molar-refractivity contribution in [1.82, 2.24) is 9.78 Å². The van der Waals surface area contributed by atoms with E-state index in [2.05, 4.69) is 16.7 Å². The van der Waals surface area contributed by atoms with Gasteiger partial charge in [0.2, 0.25) is 0 Å². The fourth-order valence-electron chi connectivity index (χ4n) is 1.12. The van der Waals surface area contributed by atoms with Crippen molar-refractivity contribution >= 4 is 5.71 Å². The third-order valence-electron chi connectivity index (χ3n) is 1.74. The van der Waals surface area contributed by atoms with E-state index in [9.17, 15) is 0 Å². The lowest BCUT2D eigenvalue weighted by Crippen LogP contribution is -1.99. The molecular weight excluding hydrogens is 174 g/mol. The van der Waals surface area contributed by atoms with Crippen molar-refractivity contribution in [3.63, 3.8) is 0 Å². The summed E-state index contributed by atoms with van der Waals surface area (Å²) >= 11 is 0. The summed E-state index contributed by atoms with van der Waals surface area (Å²) in [5.41, 5.74) is 2.82. The van der Waals surface area contributed by atoms with Gasteiger partial charge in [-0.3, -0.25) is 9.67 Å². The third-order valence-corrected chi connectivity index (χ3v) is 1.74. The van der Waals surface area contributed by atoms with Crippen LogP contribution in [0.4, 0.5) is 0 Å². The van der Waals surface area contributed by atoms with Gasteiger partial charge in [0.15, 0.2) is 0 Å². The molecule has 1 aromatic rings. The molecule has 0 bridgehead atoms. The zero-order valence-electron chi connectivity index (χ0n) is 8.86. The predicted molar refractivity (Wildman–Crippen MR) is 59.4 cm³/mol. The minimum absolute atomic E-state index is 0.885. The highest BCUT2D eigenvalue weighted by Gasteiger charge is 2.05. The summed E-state index contributed by atoms with van der Waals surface area (Å²) < 4.78 is 1.75. The summed E-state index contributed by atoms with van der Waals surface area (Å²) in [6, 6.07) is 0. The van der Waals surface area contributed by atoms with E-state index in [1.54, 1.807) is 17.1 Å². The molecule has 0 aliphatic carbocycles. The van der Waals surface area contributed by atoms with Crippen LogP contribution in [-0.2, 0) is 7.05 Å². The topological polar surface area (TPSA) is 30.2 Å². The Balaban J connectivity index is 3.06. The zero-order chi connectivity index (χ0) is 10.6. The van der Waals surface area contributed by atoms with Crippen molar-refractivity contribution in [2.24, 2.45) is 12.0 Å². The summed E-state index contributed by atoms with van der Waals surface area (Å²) in [5.74, 6) is 0. The van der Waals surface area contributed by atoms with Gasteiger partial charge in [-0.1, -0.05) is 12.7 Å². The second-order valence-corrected chi connectivity index (χ2v) is 3.14. The molecule has 0 aliphatic heterocycles. The maximum Gasteiger partial charge on any atom is 0.0756 e. The van der Waals surface area contributed by atoms with Gasteiger partial charge in [-0.15, -0.1) is 0 Å². The van der Waals surface area contributed by atoms with Crippen molar-refractivity contribution in [2.45, 2.75) is 13.8 Å². The summed E-state index contributed by atoms with van der Waals surface area (Å²) in [5, 5.41) is 4.10. The molecule has 1 aromatic heterocycles. The average molecular weight is 189 g/mol. The predicted octanol–water partition coefficient (Wildman–Crippen LogP) is 2.32. The monoisotopic (exact) mass is 189 g/mol. The maximum absolute atomic E-state index is 4.31. The number of rotatable bonds is 3. The van der Waals surface area contributed by atoms with Crippen LogP contribution in [0.25, 0.3) is 0 Å². The van der Waals surface area contributed by atoms with Crippen LogP contribution in [0.15, 0.2) is 41.8 Å². The molecular formula is C11H15N3.